The number of rotatable bonds is 0. The number of allylic oxidation sites excluding steroid dienone is 2. The largest absolute Gasteiger partial charge is 0.0875 e. The molecule has 0 aliphatic heterocycles. The van der Waals surface area contributed by atoms with Gasteiger partial charge in [-0.3, -0.25) is 0 Å². The maximum atomic E-state index is 3.56. The molecule has 2 atom stereocenters. The summed E-state index contributed by atoms with van der Waals surface area (Å²) in [6.45, 7) is 0. The fourth-order valence-corrected chi connectivity index (χ4v) is 1.61. The molecule has 0 aromatic rings. The van der Waals surface area contributed by atoms with Crippen molar-refractivity contribution in [2.45, 2.75) is 22.5 Å². The molecule has 46 valence electrons. The van der Waals surface area contributed by atoms with E-state index in [2.05, 4.69) is 44.0 Å². The molecular formula is C6H8Br2. The Kier molecular flexibility index (Phi) is 2.57. The first kappa shape index (κ1) is 6.81. The van der Waals surface area contributed by atoms with Gasteiger partial charge in [-0.1, -0.05) is 44.0 Å². The van der Waals surface area contributed by atoms with E-state index in [1.54, 1.807) is 0 Å². The average molecular weight is 240 g/mol. The van der Waals surface area contributed by atoms with Gasteiger partial charge in [0.2, 0.25) is 0 Å². The normalized spacial score (nSPS) is 37.8. The van der Waals surface area contributed by atoms with E-state index in [-0.39, 0.29) is 0 Å². The highest BCUT2D eigenvalue weighted by Gasteiger charge is 2.15. The zero-order valence-corrected chi connectivity index (χ0v) is 7.65. The summed E-state index contributed by atoms with van der Waals surface area (Å²) in [6, 6.07) is 0. The molecule has 0 fully saturated rings. The van der Waals surface area contributed by atoms with Gasteiger partial charge in [-0.05, 0) is 12.8 Å². The molecule has 0 unspecified atom stereocenters. The van der Waals surface area contributed by atoms with Gasteiger partial charge in [0.05, 0.1) is 0 Å². The third kappa shape index (κ3) is 1.59. The van der Waals surface area contributed by atoms with Gasteiger partial charge in [-0.2, -0.15) is 0 Å². The molecule has 1 aliphatic carbocycles. The number of alkyl halides is 2. The minimum absolute atomic E-state index is 0.646. The van der Waals surface area contributed by atoms with Gasteiger partial charge in [0.15, 0.2) is 0 Å². The Morgan fingerprint density at radius 1 is 1.00 bits per heavy atom. The Hall–Kier alpha value is 0.700. The Labute approximate surface area is 66.6 Å². The van der Waals surface area contributed by atoms with Crippen molar-refractivity contribution in [3.63, 3.8) is 0 Å². The van der Waals surface area contributed by atoms with E-state index in [1.807, 2.05) is 0 Å². The molecule has 0 saturated heterocycles. The lowest BCUT2D eigenvalue weighted by atomic mass is 10.1. The summed E-state index contributed by atoms with van der Waals surface area (Å²) < 4.78 is 0. The van der Waals surface area contributed by atoms with Crippen molar-refractivity contribution in [2.24, 2.45) is 0 Å². The molecule has 0 heterocycles. The summed E-state index contributed by atoms with van der Waals surface area (Å²) >= 11 is 7.11. The monoisotopic (exact) mass is 238 g/mol. The lowest BCUT2D eigenvalue weighted by molar-refractivity contribution is 0.789. The first-order valence-corrected chi connectivity index (χ1v) is 4.57. The van der Waals surface area contributed by atoms with Crippen molar-refractivity contribution in [3.8, 4) is 0 Å². The summed E-state index contributed by atoms with van der Waals surface area (Å²) in [5.41, 5.74) is 0. The summed E-state index contributed by atoms with van der Waals surface area (Å²) in [4.78, 5) is 1.29. The molecule has 8 heavy (non-hydrogen) atoms. The Bertz CT molecular complexity index is 86.7. The highest BCUT2D eigenvalue weighted by Crippen LogP contribution is 2.25. The molecule has 2 heteroatoms. The van der Waals surface area contributed by atoms with Crippen LogP contribution in [0, 0.1) is 0 Å². The molecule has 0 radical (unpaired) electrons. The quantitative estimate of drug-likeness (QED) is 0.451. The zero-order chi connectivity index (χ0) is 5.98. The van der Waals surface area contributed by atoms with E-state index in [0.717, 1.165) is 12.8 Å². The minimum Gasteiger partial charge on any atom is -0.0875 e. The molecule has 0 spiro atoms. The third-order valence-corrected chi connectivity index (χ3v) is 4.02. The fraction of sp³-hybridized carbons (Fsp3) is 0.667. The molecule has 1 rings (SSSR count). The number of hydrogen-bond acceptors (Lipinski definition) is 0. The van der Waals surface area contributed by atoms with Crippen LogP contribution in [0.1, 0.15) is 12.8 Å². The first-order chi connectivity index (χ1) is 3.80. The van der Waals surface area contributed by atoms with Gasteiger partial charge in [-0.25, -0.2) is 0 Å². The van der Waals surface area contributed by atoms with E-state index in [1.165, 1.54) is 0 Å². The third-order valence-electron chi connectivity index (χ3n) is 1.28. The van der Waals surface area contributed by atoms with E-state index >= 15 is 0 Å². The standard InChI is InChI=1S/C6H8Br2/c7-5-3-1-2-4-6(5)8/h1-2,5-6H,3-4H2/t5-,6-/m1/s1. The molecule has 0 bridgehead atoms. The average Bonchev–Trinajstić information content (AvgIpc) is 1.77. The van der Waals surface area contributed by atoms with Crippen molar-refractivity contribution in [3.05, 3.63) is 12.2 Å². The van der Waals surface area contributed by atoms with Crippen LogP contribution >= 0.6 is 31.9 Å². The zero-order valence-electron chi connectivity index (χ0n) is 4.48. The molecule has 0 N–H and O–H groups in total. The van der Waals surface area contributed by atoms with E-state index < -0.39 is 0 Å². The van der Waals surface area contributed by atoms with Crippen molar-refractivity contribution >= 4 is 31.9 Å². The second-order valence-electron chi connectivity index (χ2n) is 1.97. The minimum atomic E-state index is 0.646. The summed E-state index contributed by atoms with van der Waals surface area (Å²) in [5.74, 6) is 0. The second kappa shape index (κ2) is 3.02. The Morgan fingerprint density at radius 3 is 1.62 bits per heavy atom. The Balaban J connectivity index is 2.44. The second-order valence-corrected chi connectivity index (χ2v) is 4.33. The Morgan fingerprint density at radius 2 is 1.38 bits per heavy atom. The summed E-state index contributed by atoms with van der Waals surface area (Å²) in [6.07, 6.45) is 6.76. The van der Waals surface area contributed by atoms with E-state index in [0.29, 0.717) is 9.65 Å². The molecule has 1 aliphatic rings. The van der Waals surface area contributed by atoms with Crippen molar-refractivity contribution in [1.29, 1.82) is 0 Å². The van der Waals surface area contributed by atoms with E-state index in [4.69, 9.17) is 0 Å². The maximum Gasteiger partial charge on any atom is 0.0308 e. The SMILES string of the molecule is Br[C@@H]1CC=CC[C@H]1Br. The van der Waals surface area contributed by atoms with Crippen LogP contribution in [0.15, 0.2) is 12.2 Å². The van der Waals surface area contributed by atoms with Crippen LogP contribution in [-0.4, -0.2) is 9.65 Å². The van der Waals surface area contributed by atoms with Crippen LogP contribution in [-0.2, 0) is 0 Å². The predicted molar refractivity (Wildman–Crippen MR) is 43.8 cm³/mol. The topological polar surface area (TPSA) is 0 Å². The molecule has 0 aromatic heterocycles. The lowest BCUT2D eigenvalue weighted by Gasteiger charge is -2.16. The van der Waals surface area contributed by atoms with Gasteiger partial charge < -0.3 is 0 Å². The van der Waals surface area contributed by atoms with Gasteiger partial charge in [0.25, 0.3) is 0 Å². The maximum absolute atomic E-state index is 3.56. The number of halogens is 2. The molecule has 0 aromatic carbocycles. The van der Waals surface area contributed by atoms with Crippen LogP contribution in [0.3, 0.4) is 0 Å². The fourth-order valence-electron chi connectivity index (χ4n) is 0.748. The van der Waals surface area contributed by atoms with Crippen LogP contribution in [0.5, 0.6) is 0 Å². The van der Waals surface area contributed by atoms with Crippen molar-refractivity contribution in [2.75, 3.05) is 0 Å². The van der Waals surface area contributed by atoms with Crippen molar-refractivity contribution in [1.82, 2.24) is 0 Å². The number of hydrogen-bond donors (Lipinski definition) is 0. The van der Waals surface area contributed by atoms with Crippen molar-refractivity contribution < 1.29 is 0 Å². The summed E-state index contributed by atoms with van der Waals surface area (Å²) in [7, 11) is 0. The van der Waals surface area contributed by atoms with Crippen LogP contribution in [0.2, 0.25) is 0 Å². The smallest absolute Gasteiger partial charge is 0.0308 e. The predicted octanol–water partition coefficient (Wildman–Crippen LogP) is 2.86. The van der Waals surface area contributed by atoms with Gasteiger partial charge >= 0.3 is 0 Å². The van der Waals surface area contributed by atoms with Gasteiger partial charge in [0.1, 0.15) is 0 Å². The molecule has 0 saturated carbocycles. The van der Waals surface area contributed by atoms with Crippen LogP contribution < -0.4 is 0 Å². The van der Waals surface area contributed by atoms with Crippen LogP contribution in [0.4, 0.5) is 0 Å². The molecular weight excluding hydrogens is 232 g/mol. The van der Waals surface area contributed by atoms with Gasteiger partial charge in [-0.15, -0.1) is 0 Å². The highest BCUT2D eigenvalue weighted by molar-refractivity contribution is 9.12. The molecule has 0 nitrogen and oxygen atoms in total. The summed E-state index contributed by atoms with van der Waals surface area (Å²) in [5, 5.41) is 0. The first-order valence-electron chi connectivity index (χ1n) is 2.74. The van der Waals surface area contributed by atoms with E-state index in [9.17, 15) is 0 Å². The molecule has 0 amide bonds. The van der Waals surface area contributed by atoms with Gasteiger partial charge in [0, 0.05) is 9.65 Å². The highest BCUT2D eigenvalue weighted by atomic mass is 79.9. The lowest BCUT2D eigenvalue weighted by Crippen LogP contribution is -2.14. The van der Waals surface area contributed by atoms with Crippen LogP contribution in [0.25, 0.3) is 0 Å².